The molecule has 0 aliphatic rings. The van der Waals surface area contributed by atoms with Gasteiger partial charge in [0, 0.05) is 11.2 Å². The number of aryl methyl sites for hydroxylation is 1. The lowest BCUT2D eigenvalue weighted by Crippen LogP contribution is -2.23. The van der Waals surface area contributed by atoms with Crippen molar-refractivity contribution in [2.24, 2.45) is 0 Å². The van der Waals surface area contributed by atoms with E-state index < -0.39 is 13.4 Å². The van der Waals surface area contributed by atoms with Gasteiger partial charge in [-0.25, -0.2) is 0 Å². The predicted molar refractivity (Wildman–Crippen MR) is 113 cm³/mol. The molecule has 0 aliphatic heterocycles. The zero-order valence-corrected chi connectivity index (χ0v) is 17.2. The Morgan fingerprint density at radius 2 is 1.68 bits per heavy atom. The van der Waals surface area contributed by atoms with Crippen LogP contribution >= 0.6 is 7.60 Å². The molecule has 2 N–H and O–H groups in total. The van der Waals surface area contributed by atoms with Crippen LogP contribution in [0.2, 0.25) is 0 Å². The number of para-hydroxylation sites is 2. The molecule has 1 heterocycles. The van der Waals surface area contributed by atoms with Gasteiger partial charge in [-0.3, -0.25) is 9.36 Å². The third-order valence-electron chi connectivity index (χ3n) is 4.45. The van der Waals surface area contributed by atoms with Gasteiger partial charge in [0.1, 0.15) is 0 Å². The van der Waals surface area contributed by atoms with Gasteiger partial charge >= 0.3 is 7.60 Å². The molecule has 0 saturated carbocycles. The van der Waals surface area contributed by atoms with E-state index in [1.54, 1.807) is 19.9 Å². The Labute approximate surface area is 164 Å². The highest BCUT2D eigenvalue weighted by molar-refractivity contribution is 7.54. The Balaban J connectivity index is 2.18. The minimum atomic E-state index is -3.67. The molecule has 0 spiro atoms. The summed E-state index contributed by atoms with van der Waals surface area (Å²) in [6.07, 6.45) is 0. The highest BCUT2D eigenvalue weighted by atomic mass is 31.2. The summed E-state index contributed by atoms with van der Waals surface area (Å²) in [6.45, 7) is 5.85. The van der Waals surface area contributed by atoms with Gasteiger partial charge in [0.25, 0.3) is 5.56 Å². The fraction of sp³-hybridized carbons (Fsp3) is 0.286. The molecule has 3 aromatic rings. The van der Waals surface area contributed by atoms with E-state index in [1.165, 1.54) is 0 Å². The molecule has 0 amide bonds. The first kappa shape index (κ1) is 20.3. The smallest absolute Gasteiger partial charge is 0.357 e. The first-order valence-corrected chi connectivity index (χ1v) is 10.9. The van der Waals surface area contributed by atoms with Gasteiger partial charge < -0.3 is 19.3 Å². The summed E-state index contributed by atoms with van der Waals surface area (Å²) in [7, 11) is -3.67. The molecule has 28 heavy (non-hydrogen) atoms. The molecule has 7 heteroatoms. The molecule has 148 valence electrons. The van der Waals surface area contributed by atoms with Crippen molar-refractivity contribution in [2.45, 2.75) is 26.6 Å². The molecule has 2 aromatic carbocycles. The summed E-state index contributed by atoms with van der Waals surface area (Å²) in [5.41, 5.74) is 2.43. The van der Waals surface area contributed by atoms with Gasteiger partial charge in [-0.2, -0.15) is 0 Å². The van der Waals surface area contributed by atoms with Crippen molar-refractivity contribution in [3.05, 3.63) is 76.1 Å². The van der Waals surface area contributed by atoms with Crippen LogP contribution in [0.1, 0.15) is 30.8 Å². The Morgan fingerprint density at radius 3 is 2.36 bits per heavy atom. The number of aromatic nitrogens is 1. The second kappa shape index (κ2) is 8.74. The van der Waals surface area contributed by atoms with E-state index in [4.69, 9.17) is 9.05 Å². The summed E-state index contributed by atoms with van der Waals surface area (Å²) in [4.78, 5) is 15.7. The molecule has 1 aromatic heterocycles. The number of benzene rings is 2. The zero-order chi connectivity index (χ0) is 20.1. The maximum atomic E-state index is 13.7. The number of fused-ring (bicyclic) bond motifs is 1. The lowest BCUT2D eigenvalue weighted by atomic mass is 10.1. The summed E-state index contributed by atoms with van der Waals surface area (Å²) in [6, 6.07) is 16.8. The standard InChI is InChI=1S/C21H25N2O4P/c1-4-26-28(25,27-5-2)21(23-18-12-8-6-10-15(18)3)17-14-16-11-7-9-13-19(16)22-20(17)24/h6-14,21,23H,4-5H2,1-3H3,(H,22,24). The van der Waals surface area contributed by atoms with Crippen molar-refractivity contribution in [3.63, 3.8) is 0 Å². The second-order valence-electron chi connectivity index (χ2n) is 6.38. The van der Waals surface area contributed by atoms with Gasteiger partial charge in [-0.05, 0) is 49.9 Å². The second-order valence-corrected chi connectivity index (χ2v) is 8.49. The molecule has 0 radical (unpaired) electrons. The van der Waals surface area contributed by atoms with E-state index in [2.05, 4.69) is 10.3 Å². The molecule has 1 unspecified atom stereocenters. The van der Waals surface area contributed by atoms with Crippen LogP contribution in [-0.2, 0) is 13.6 Å². The van der Waals surface area contributed by atoms with Gasteiger partial charge in [-0.15, -0.1) is 0 Å². The topological polar surface area (TPSA) is 80.4 Å². The molecule has 0 aliphatic carbocycles. The Morgan fingerprint density at radius 1 is 1.04 bits per heavy atom. The largest absolute Gasteiger partial charge is 0.368 e. The van der Waals surface area contributed by atoms with Crippen LogP contribution in [0, 0.1) is 6.92 Å². The van der Waals surface area contributed by atoms with E-state index in [9.17, 15) is 9.36 Å². The van der Waals surface area contributed by atoms with Crippen molar-refractivity contribution >= 4 is 24.2 Å². The molecule has 0 saturated heterocycles. The number of aromatic amines is 1. The minimum absolute atomic E-state index is 0.203. The van der Waals surface area contributed by atoms with Crippen molar-refractivity contribution in [1.29, 1.82) is 0 Å². The average Bonchev–Trinajstić information content (AvgIpc) is 2.67. The van der Waals surface area contributed by atoms with Crippen LogP contribution in [0.4, 0.5) is 5.69 Å². The zero-order valence-electron chi connectivity index (χ0n) is 16.3. The molecule has 3 rings (SSSR count). The van der Waals surface area contributed by atoms with Crippen LogP contribution in [0.5, 0.6) is 0 Å². The third kappa shape index (κ3) is 4.20. The lowest BCUT2D eigenvalue weighted by Gasteiger charge is -2.28. The fourth-order valence-corrected chi connectivity index (χ4v) is 5.05. The van der Waals surface area contributed by atoms with Crippen molar-refractivity contribution in [3.8, 4) is 0 Å². The molecule has 0 bridgehead atoms. The van der Waals surface area contributed by atoms with Crippen molar-refractivity contribution in [2.75, 3.05) is 18.5 Å². The summed E-state index contributed by atoms with van der Waals surface area (Å²) in [5, 5.41) is 4.09. The highest BCUT2D eigenvalue weighted by Gasteiger charge is 2.39. The number of hydrogen-bond donors (Lipinski definition) is 2. The van der Waals surface area contributed by atoms with Crippen LogP contribution in [0.15, 0.2) is 59.4 Å². The van der Waals surface area contributed by atoms with Crippen molar-refractivity contribution in [1.82, 2.24) is 4.98 Å². The molecule has 1 atom stereocenters. The molecular formula is C21H25N2O4P. The summed E-state index contributed by atoms with van der Waals surface area (Å²) < 4.78 is 24.8. The first-order valence-electron chi connectivity index (χ1n) is 9.31. The van der Waals surface area contributed by atoms with Gasteiger partial charge in [0.2, 0.25) is 0 Å². The van der Waals surface area contributed by atoms with E-state index in [0.29, 0.717) is 11.1 Å². The number of nitrogens with one attached hydrogen (secondary N) is 2. The third-order valence-corrected chi connectivity index (χ3v) is 6.72. The predicted octanol–water partition coefficient (Wildman–Crippen LogP) is 5.21. The number of rotatable bonds is 8. The Hall–Kier alpha value is -2.40. The van der Waals surface area contributed by atoms with Gasteiger partial charge in [0.15, 0.2) is 5.78 Å². The van der Waals surface area contributed by atoms with Crippen LogP contribution in [0.25, 0.3) is 10.9 Å². The van der Waals surface area contributed by atoms with Crippen LogP contribution in [0.3, 0.4) is 0 Å². The van der Waals surface area contributed by atoms with Crippen molar-refractivity contribution < 1.29 is 13.6 Å². The normalized spacial score (nSPS) is 12.8. The Kier molecular flexibility index (Phi) is 6.35. The number of H-pyrrole nitrogens is 1. The molecule has 6 nitrogen and oxygen atoms in total. The van der Waals surface area contributed by atoms with Crippen LogP contribution < -0.4 is 10.9 Å². The first-order chi connectivity index (χ1) is 13.5. The molecule has 0 fully saturated rings. The fourth-order valence-electron chi connectivity index (χ4n) is 3.12. The molecular weight excluding hydrogens is 375 g/mol. The average molecular weight is 400 g/mol. The maximum Gasteiger partial charge on any atom is 0.357 e. The number of pyridine rings is 1. The summed E-state index contributed by atoms with van der Waals surface area (Å²) in [5.74, 6) is -0.943. The van der Waals surface area contributed by atoms with E-state index in [0.717, 1.165) is 16.6 Å². The van der Waals surface area contributed by atoms with Crippen LogP contribution in [-0.4, -0.2) is 18.2 Å². The number of anilines is 1. The minimum Gasteiger partial charge on any atom is -0.368 e. The van der Waals surface area contributed by atoms with Gasteiger partial charge in [0.05, 0.1) is 18.8 Å². The van der Waals surface area contributed by atoms with E-state index in [-0.39, 0.29) is 18.8 Å². The van der Waals surface area contributed by atoms with E-state index >= 15 is 0 Å². The van der Waals surface area contributed by atoms with Gasteiger partial charge in [-0.1, -0.05) is 36.4 Å². The monoisotopic (exact) mass is 400 g/mol. The summed E-state index contributed by atoms with van der Waals surface area (Å²) >= 11 is 0. The Bertz CT molecular complexity index is 1050. The highest BCUT2D eigenvalue weighted by Crippen LogP contribution is 2.60. The lowest BCUT2D eigenvalue weighted by molar-refractivity contribution is 0.214. The van der Waals surface area contributed by atoms with E-state index in [1.807, 2.05) is 55.5 Å². The maximum absolute atomic E-state index is 13.7. The quantitative estimate of drug-likeness (QED) is 0.507. The SMILES string of the molecule is CCOP(=O)(OCC)C(Nc1ccccc1C)c1cc2ccccc2[nH]c1=O. The number of hydrogen-bond acceptors (Lipinski definition) is 5.